The van der Waals surface area contributed by atoms with E-state index < -0.39 is 15.3 Å². The van der Waals surface area contributed by atoms with Crippen LogP contribution in [0.3, 0.4) is 0 Å². The minimum atomic E-state index is -3.76. The molecule has 0 aliphatic carbocycles. The normalized spacial score (nSPS) is 12.9. The van der Waals surface area contributed by atoms with Gasteiger partial charge in [0.1, 0.15) is 0 Å². The van der Waals surface area contributed by atoms with Crippen LogP contribution < -0.4 is 5.32 Å². The average molecular weight is 935 g/mol. The Morgan fingerprint density at radius 1 is 0.379 bits per heavy atom. The molecule has 0 radical (unpaired) electrons. The molecule has 0 heterocycles. The van der Waals surface area contributed by atoms with Crippen LogP contribution in [0.1, 0.15) is 302 Å². The first-order valence-corrected chi connectivity index (χ1v) is 30.5. The van der Waals surface area contributed by atoms with Gasteiger partial charge in [-0.05, 0) is 61.1 Å². The van der Waals surface area contributed by atoms with Gasteiger partial charge in [0.2, 0.25) is 9.84 Å². The minimum Gasteiger partial charge on any atom is -0.382 e. The average Bonchev–Trinajstić information content (AvgIpc) is 3.33. The zero-order valence-corrected chi connectivity index (χ0v) is 44.6. The summed E-state index contributed by atoms with van der Waals surface area (Å²) in [7, 11) is -3.76. The summed E-state index contributed by atoms with van der Waals surface area (Å²) >= 11 is 0. The molecule has 0 spiro atoms. The molecular formula is C61H107NO3S. The molecule has 2 aromatic rings. The summed E-state index contributed by atoms with van der Waals surface area (Å²) in [5.41, 5.74) is 1.92. The van der Waals surface area contributed by atoms with Gasteiger partial charge in [-0.15, -0.1) is 0 Å². The quantitative estimate of drug-likeness (QED) is 0.0512. The Kier molecular flexibility index (Phi) is 39.1. The van der Waals surface area contributed by atoms with Crippen LogP contribution in [-0.4, -0.2) is 25.0 Å². The molecule has 0 saturated heterocycles. The van der Waals surface area contributed by atoms with Gasteiger partial charge in [-0.3, -0.25) is 0 Å². The number of aliphatic hydroxyl groups excluding tert-OH is 1. The van der Waals surface area contributed by atoms with Gasteiger partial charge in [0.15, 0.2) is 5.44 Å². The first kappa shape index (κ1) is 60.0. The van der Waals surface area contributed by atoms with E-state index in [1.165, 1.54) is 250 Å². The van der Waals surface area contributed by atoms with Crippen molar-refractivity contribution in [3.05, 3.63) is 59.7 Å². The number of rotatable bonds is 48. The number of hydrogen-bond acceptors (Lipinski definition) is 4. The highest BCUT2D eigenvalue weighted by molar-refractivity contribution is 7.91. The lowest BCUT2D eigenvalue weighted by Gasteiger charge is -2.20. The van der Waals surface area contributed by atoms with Crippen LogP contribution in [0, 0.1) is 0 Å². The van der Waals surface area contributed by atoms with E-state index in [1.54, 1.807) is 12.1 Å². The third kappa shape index (κ3) is 32.6. The van der Waals surface area contributed by atoms with E-state index in [0.717, 1.165) is 30.4 Å². The fourth-order valence-corrected chi connectivity index (χ4v) is 10.9. The molecule has 5 heteroatoms. The Hall–Kier alpha value is -2.11. The van der Waals surface area contributed by atoms with E-state index in [4.69, 9.17) is 0 Å². The summed E-state index contributed by atoms with van der Waals surface area (Å²) < 4.78 is 26.1. The van der Waals surface area contributed by atoms with Crippen LogP contribution in [0.5, 0.6) is 0 Å². The molecule has 380 valence electrons. The topological polar surface area (TPSA) is 66.4 Å². The van der Waals surface area contributed by atoms with Gasteiger partial charge in [-0.2, -0.15) is 0 Å². The molecule has 2 rings (SSSR count). The SMILES string of the molecule is CCCCCCCCCCCCCCCCCCC(CCCCCCCCCCCCCCCCC)Nc1ccc(C=Cc2ccc(S(=O)(=O)C(O)CCCCCCCCCC)cc2)cc1. The fraction of sp³-hybridized carbons (Fsp3) is 0.770. The highest BCUT2D eigenvalue weighted by Gasteiger charge is 2.24. The van der Waals surface area contributed by atoms with Crippen LogP contribution in [0.2, 0.25) is 0 Å². The predicted octanol–water partition coefficient (Wildman–Crippen LogP) is 20.2. The Morgan fingerprint density at radius 2 is 0.636 bits per heavy atom. The molecule has 0 aliphatic heterocycles. The lowest BCUT2D eigenvalue weighted by atomic mass is 9.99. The van der Waals surface area contributed by atoms with Crippen molar-refractivity contribution >= 4 is 27.7 Å². The van der Waals surface area contributed by atoms with Crippen molar-refractivity contribution in [3.63, 3.8) is 0 Å². The lowest BCUT2D eigenvalue weighted by Crippen LogP contribution is -2.20. The van der Waals surface area contributed by atoms with Gasteiger partial charge in [-0.1, -0.05) is 301 Å². The number of nitrogens with one attached hydrogen (secondary N) is 1. The zero-order valence-electron chi connectivity index (χ0n) is 43.8. The summed E-state index contributed by atoms with van der Waals surface area (Å²) in [6.45, 7) is 6.82. The molecule has 0 bridgehead atoms. The van der Waals surface area contributed by atoms with Crippen molar-refractivity contribution in [3.8, 4) is 0 Å². The number of hydrogen-bond donors (Lipinski definition) is 2. The Balaban J connectivity index is 1.76. The van der Waals surface area contributed by atoms with Crippen LogP contribution in [-0.2, 0) is 9.84 Å². The van der Waals surface area contributed by atoms with Gasteiger partial charge in [0.25, 0.3) is 0 Å². The molecule has 2 atom stereocenters. The number of sulfone groups is 1. The first-order valence-electron chi connectivity index (χ1n) is 29.0. The van der Waals surface area contributed by atoms with Crippen LogP contribution >= 0.6 is 0 Å². The molecule has 66 heavy (non-hydrogen) atoms. The van der Waals surface area contributed by atoms with Crippen molar-refractivity contribution < 1.29 is 13.5 Å². The molecule has 0 saturated carbocycles. The second kappa shape index (κ2) is 43.0. The maximum Gasteiger partial charge on any atom is 0.204 e. The zero-order chi connectivity index (χ0) is 47.4. The monoisotopic (exact) mass is 934 g/mol. The van der Waals surface area contributed by atoms with Crippen molar-refractivity contribution in [1.82, 2.24) is 0 Å². The van der Waals surface area contributed by atoms with Gasteiger partial charge in [0.05, 0.1) is 4.90 Å². The third-order valence-electron chi connectivity index (χ3n) is 14.2. The van der Waals surface area contributed by atoms with Crippen LogP contribution in [0.4, 0.5) is 5.69 Å². The van der Waals surface area contributed by atoms with E-state index in [9.17, 15) is 13.5 Å². The smallest absolute Gasteiger partial charge is 0.204 e. The van der Waals surface area contributed by atoms with Crippen molar-refractivity contribution in [1.29, 1.82) is 0 Å². The Bertz CT molecular complexity index is 1470. The standard InChI is InChI=1S/C61H107NO3S/c1-4-7-10-13-16-19-21-23-25-27-29-31-33-35-38-41-44-58(43-40-37-34-32-30-28-26-24-22-20-17-14-11-8-5-2)62-59-52-48-56(49-53-59)46-47-57-50-54-60(55-51-57)66(64,65)61(63)45-42-39-36-18-15-12-9-6-3/h46-55,58,61-63H,4-45H2,1-3H3. The second-order valence-electron chi connectivity index (χ2n) is 20.5. The predicted molar refractivity (Wildman–Crippen MR) is 293 cm³/mol. The number of benzene rings is 2. The molecule has 0 aromatic heterocycles. The summed E-state index contributed by atoms with van der Waals surface area (Å²) in [5, 5.41) is 14.5. The summed E-state index contributed by atoms with van der Waals surface area (Å²) in [6, 6.07) is 16.3. The van der Waals surface area contributed by atoms with Gasteiger partial charge in [-0.25, -0.2) is 8.42 Å². The summed E-state index contributed by atoms with van der Waals surface area (Å²) in [5.74, 6) is 0. The summed E-state index contributed by atoms with van der Waals surface area (Å²) in [4.78, 5) is 0.195. The molecule has 4 nitrogen and oxygen atoms in total. The molecule has 2 aromatic carbocycles. The fourth-order valence-electron chi connectivity index (χ4n) is 9.64. The van der Waals surface area contributed by atoms with Gasteiger partial charge in [0, 0.05) is 11.7 Å². The summed E-state index contributed by atoms with van der Waals surface area (Å²) in [6.07, 6.45) is 59.7. The molecule has 0 amide bonds. The van der Waals surface area contributed by atoms with Gasteiger partial charge < -0.3 is 10.4 Å². The Labute approximate surface area is 411 Å². The lowest BCUT2D eigenvalue weighted by molar-refractivity contribution is 0.233. The number of unbranched alkanes of at least 4 members (excludes halogenated alkanes) is 36. The molecule has 2 unspecified atom stereocenters. The first-order chi connectivity index (χ1) is 32.4. The third-order valence-corrected chi connectivity index (χ3v) is 16.1. The van der Waals surface area contributed by atoms with Crippen molar-refractivity contribution in [2.45, 2.75) is 307 Å². The van der Waals surface area contributed by atoms with Crippen LogP contribution in [0.15, 0.2) is 53.4 Å². The van der Waals surface area contributed by atoms with E-state index in [2.05, 4.69) is 56.4 Å². The number of anilines is 1. The number of aliphatic hydroxyl groups is 1. The van der Waals surface area contributed by atoms with Crippen molar-refractivity contribution in [2.24, 2.45) is 0 Å². The van der Waals surface area contributed by atoms with E-state index in [1.807, 2.05) is 18.2 Å². The van der Waals surface area contributed by atoms with Crippen LogP contribution in [0.25, 0.3) is 12.2 Å². The second-order valence-corrected chi connectivity index (χ2v) is 22.6. The van der Waals surface area contributed by atoms with Crippen molar-refractivity contribution in [2.75, 3.05) is 5.32 Å². The Morgan fingerprint density at radius 3 is 0.939 bits per heavy atom. The van der Waals surface area contributed by atoms with E-state index >= 15 is 0 Å². The highest BCUT2D eigenvalue weighted by Crippen LogP contribution is 2.24. The largest absolute Gasteiger partial charge is 0.382 e. The maximum atomic E-state index is 13.1. The molecule has 0 fully saturated rings. The molecule has 0 aliphatic rings. The molecule has 2 N–H and O–H groups in total. The maximum absolute atomic E-state index is 13.1. The highest BCUT2D eigenvalue weighted by atomic mass is 32.2. The minimum absolute atomic E-state index is 0.195. The molecular weight excluding hydrogens is 827 g/mol. The van der Waals surface area contributed by atoms with E-state index in [-0.39, 0.29) is 4.90 Å². The van der Waals surface area contributed by atoms with Gasteiger partial charge >= 0.3 is 0 Å². The van der Waals surface area contributed by atoms with E-state index in [0.29, 0.717) is 12.5 Å².